The minimum atomic E-state index is -0.289. The van der Waals surface area contributed by atoms with Crippen LogP contribution in [0.1, 0.15) is 33.1 Å². The maximum Gasteiger partial charge on any atom is 0.233 e. The van der Waals surface area contributed by atoms with Crippen LogP contribution in [0, 0.1) is 17.7 Å². The van der Waals surface area contributed by atoms with Crippen molar-refractivity contribution in [3.05, 3.63) is 47.4 Å². The summed E-state index contributed by atoms with van der Waals surface area (Å²) in [5.74, 6) is 0.958. The number of hydrogen-bond acceptors (Lipinski definition) is 4. The Kier molecular flexibility index (Phi) is 7.03. The molecule has 1 aliphatic carbocycles. The molecule has 1 saturated carbocycles. The number of rotatable bonds is 9. The van der Waals surface area contributed by atoms with Crippen LogP contribution in [0.25, 0.3) is 11.1 Å². The summed E-state index contributed by atoms with van der Waals surface area (Å²) in [6.45, 7) is 4.78. The summed E-state index contributed by atoms with van der Waals surface area (Å²) in [5.41, 5.74) is 1.58. The molecule has 0 unspecified atom stereocenters. The average molecular weight is 406 g/mol. The molecular weight excluding hydrogens is 381 g/mol. The lowest BCUT2D eigenvalue weighted by atomic mass is 9.83. The van der Waals surface area contributed by atoms with E-state index in [4.69, 9.17) is 21.1 Å². The first-order valence-corrected chi connectivity index (χ1v) is 9.94. The molecule has 0 amide bonds. The van der Waals surface area contributed by atoms with Crippen LogP contribution in [-0.4, -0.2) is 30.1 Å². The lowest BCUT2D eigenvalue weighted by Crippen LogP contribution is -2.36. The van der Waals surface area contributed by atoms with Crippen LogP contribution >= 0.6 is 11.6 Å². The Morgan fingerprint density at radius 2 is 2.00 bits per heavy atom. The molecule has 0 aliphatic heterocycles. The molecule has 1 fully saturated rings. The monoisotopic (exact) mass is 405 g/mol. The van der Waals surface area contributed by atoms with Gasteiger partial charge in [0.2, 0.25) is 5.88 Å². The number of ether oxygens (including phenoxy) is 2. The van der Waals surface area contributed by atoms with Gasteiger partial charge >= 0.3 is 0 Å². The van der Waals surface area contributed by atoms with E-state index in [1.54, 1.807) is 31.3 Å². The Balaban J connectivity index is 1.47. The molecule has 6 heteroatoms. The third-order valence-electron chi connectivity index (χ3n) is 4.91. The Labute approximate surface area is 170 Å². The second-order valence-electron chi connectivity index (χ2n) is 7.60. The normalized spacial score (nSPS) is 19.7. The first-order chi connectivity index (χ1) is 13.4. The number of nitrogens with zero attached hydrogens (tertiary/aromatic N) is 1. The molecule has 28 heavy (non-hydrogen) atoms. The summed E-state index contributed by atoms with van der Waals surface area (Å²) < 4.78 is 24.8. The fourth-order valence-corrected chi connectivity index (χ4v) is 3.65. The van der Waals surface area contributed by atoms with Crippen LogP contribution < -0.4 is 4.74 Å². The number of aromatic nitrogens is 1. The topological polar surface area (TPSA) is 48.4 Å². The maximum atomic E-state index is 13.1. The van der Waals surface area contributed by atoms with E-state index in [0.29, 0.717) is 36.5 Å². The van der Waals surface area contributed by atoms with Gasteiger partial charge in [0.05, 0.1) is 12.7 Å². The highest BCUT2D eigenvalue weighted by molar-refractivity contribution is 6.34. The largest absolute Gasteiger partial charge is 0.476 e. The number of Topliss-reactive ketones (excluding diaryl/α,β-unsaturated/α-hetero) is 1. The van der Waals surface area contributed by atoms with Crippen molar-refractivity contribution in [3.63, 3.8) is 0 Å². The molecule has 1 atom stereocenters. The summed E-state index contributed by atoms with van der Waals surface area (Å²) in [6.07, 6.45) is 4.30. The van der Waals surface area contributed by atoms with Crippen molar-refractivity contribution < 1.29 is 18.7 Å². The molecule has 0 radical (unpaired) electrons. The third-order valence-corrected chi connectivity index (χ3v) is 5.28. The molecule has 0 saturated heterocycles. The van der Waals surface area contributed by atoms with Gasteiger partial charge in [0.25, 0.3) is 0 Å². The molecule has 0 bridgehead atoms. The van der Waals surface area contributed by atoms with E-state index in [0.717, 1.165) is 24.0 Å². The number of pyridine rings is 1. The maximum absolute atomic E-state index is 13.1. The minimum Gasteiger partial charge on any atom is -0.476 e. The van der Waals surface area contributed by atoms with E-state index < -0.39 is 0 Å². The van der Waals surface area contributed by atoms with Gasteiger partial charge in [-0.05, 0) is 55.4 Å². The van der Waals surface area contributed by atoms with Crippen molar-refractivity contribution in [1.82, 2.24) is 4.98 Å². The highest BCUT2D eigenvalue weighted by Gasteiger charge is 2.31. The number of benzene rings is 1. The molecule has 3 rings (SSSR count). The van der Waals surface area contributed by atoms with Gasteiger partial charge in [-0.25, -0.2) is 9.37 Å². The Morgan fingerprint density at radius 3 is 2.68 bits per heavy atom. The predicted molar refractivity (Wildman–Crippen MR) is 107 cm³/mol. The van der Waals surface area contributed by atoms with Crippen LogP contribution in [0.2, 0.25) is 5.02 Å². The lowest BCUT2D eigenvalue weighted by molar-refractivity contribution is -0.119. The second kappa shape index (κ2) is 9.48. The summed E-state index contributed by atoms with van der Waals surface area (Å²) in [4.78, 5) is 15.3. The summed E-state index contributed by atoms with van der Waals surface area (Å²) in [7, 11) is 0. The smallest absolute Gasteiger partial charge is 0.233 e. The van der Waals surface area contributed by atoms with Crippen molar-refractivity contribution in [1.29, 1.82) is 0 Å². The Bertz CT molecular complexity index is 806. The number of hydrogen-bond donors (Lipinski definition) is 0. The van der Waals surface area contributed by atoms with E-state index in [9.17, 15) is 9.18 Å². The van der Waals surface area contributed by atoms with Gasteiger partial charge in [-0.2, -0.15) is 0 Å². The fraction of sp³-hybridized carbons (Fsp3) is 0.455. The van der Waals surface area contributed by atoms with Crippen LogP contribution in [0.15, 0.2) is 36.5 Å². The predicted octanol–water partition coefficient (Wildman–Crippen LogP) is 5.33. The second-order valence-corrected chi connectivity index (χ2v) is 7.98. The first kappa shape index (κ1) is 20.7. The van der Waals surface area contributed by atoms with E-state index in [1.165, 1.54) is 12.1 Å². The summed E-state index contributed by atoms with van der Waals surface area (Å²) >= 11 is 6.45. The highest BCUT2D eigenvalue weighted by atomic mass is 35.5. The first-order valence-electron chi connectivity index (χ1n) is 9.56. The lowest BCUT2D eigenvalue weighted by Gasteiger charge is -2.35. The van der Waals surface area contributed by atoms with Crippen molar-refractivity contribution in [3.8, 4) is 17.0 Å². The van der Waals surface area contributed by atoms with Gasteiger partial charge in [-0.1, -0.05) is 30.7 Å². The molecule has 0 spiro atoms. The molecule has 0 N–H and O–H groups in total. The van der Waals surface area contributed by atoms with Gasteiger partial charge in [0.15, 0.2) is 0 Å². The molecule has 1 aromatic heterocycles. The zero-order valence-electron chi connectivity index (χ0n) is 16.2. The van der Waals surface area contributed by atoms with Gasteiger partial charge in [0, 0.05) is 24.8 Å². The third kappa shape index (κ3) is 5.52. The standard InChI is InChI=1S/C22H25ClFNO3/c1-14(9-15(2)26)12-27-19-10-16(11-19)13-28-22-21(23)20(7-8-25-22)17-3-5-18(24)6-4-17/h3-8,14,16,19H,9-13H2,1-2H3/t14-,16?,19?/m1/s1. The van der Waals surface area contributed by atoms with Gasteiger partial charge < -0.3 is 14.3 Å². The number of carbonyl (C=O) groups excluding carboxylic acids is 1. The number of ketones is 1. The zero-order valence-corrected chi connectivity index (χ0v) is 16.9. The van der Waals surface area contributed by atoms with Crippen LogP contribution in [0.3, 0.4) is 0 Å². The van der Waals surface area contributed by atoms with Crippen molar-refractivity contribution in [2.24, 2.45) is 11.8 Å². The number of carbonyl (C=O) groups is 1. The molecule has 1 aromatic carbocycles. The van der Waals surface area contributed by atoms with Crippen LogP contribution in [-0.2, 0) is 9.53 Å². The van der Waals surface area contributed by atoms with Crippen molar-refractivity contribution in [2.45, 2.75) is 39.2 Å². The van der Waals surface area contributed by atoms with E-state index >= 15 is 0 Å². The van der Waals surface area contributed by atoms with Crippen molar-refractivity contribution >= 4 is 17.4 Å². The number of halogens is 2. The molecule has 150 valence electrons. The van der Waals surface area contributed by atoms with Crippen LogP contribution in [0.4, 0.5) is 4.39 Å². The summed E-state index contributed by atoms with van der Waals surface area (Å²) in [5, 5.41) is 0.430. The molecular formula is C22H25ClFNO3. The van der Waals surface area contributed by atoms with E-state index in [2.05, 4.69) is 4.98 Å². The zero-order chi connectivity index (χ0) is 20.1. The van der Waals surface area contributed by atoms with Gasteiger partial charge in [0.1, 0.15) is 16.6 Å². The average Bonchev–Trinajstić information content (AvgIpc) is 2.61. The Hall–Kier alpha value is -1.98. The van der Waals surface area contributed by atoms with E-state index in [-0.39, 0.29) is 23.6 Å². The molecule has 1 heterocycles. The molecule has 4 nitrogen and oxygen atoms in total. The van der Waals surface area contributed by atoms with E-state index in [1.807, 2.05) is 6.92 Å². The Morgan fingerprint density at radius 1 is 1.29 bits per heavy atom. The minimum absolute atomic E-state index is 0.197. The fourth-order valence-electron chi connectivity index (χ4n) is 3.37. The summed E-state index contributed by atoms with van der Waals surface area (Å²) in [6, 6.07) is 7.96. The quantitative estimate of drug-likeness (QED) is 0.565. The van der Waals surface area contributed by atoms with Gasteiger partial charge in [-0.15, -0.1) is 0 Å². The molecule has 2 aromatic rings. The molecule has 1 aliphatic rings. The highest BCUT2D eigenvalue weighted by Crippen LogP contribution is 2.36. The van der Waals surface area contributed by atoms with Gasteiger partial charge in [-0.3, -0.25) is 0 Å². The van der Waals surface area contributed by atoms with Crippen molar-refractivity contribution in [2.75, 3.05) is 13.2 Å². The van der Waals surface area contributed by atoms with Crippen LogP contribution in [0.5, 0.6) is 5.88 Å². The SMILES string of the molecule is CC(=O)C[C@@H](C)COC1CC(COc2nccc(-c3ccc(F)cc3)c2Cl)C1.